The second-order valence-electron chi connectivity index (χ2n) is 5.58. The lowest BCUT2D eigenvalue weighted by Crippen LogP contribution is -2.36. The van der Waals surface area contributed by atoms with E-state index in [0.29, 0.717) is 11.7 Å². The molecule has 0 radical (unpaired) electrons. The Labute approximate surface area is 139 Å². The van der Waals surface area contributed by atoms with E-state index in [-0.39, 0.29) is 17.7 Å². The predicted octanol–water partition coefficient (Wildman–Crippen LogP) is 2.87. The van der Waals surface area contributed by atoms with Gasteiger partial charge in [-0.2, -0.15) is 10.2 Å². The van der Waals surface area contributed by atoms with Crippen LogP contribution in [0.15, 0.2) is 36.5 Å². The summed E-state index contributed by atoms with van der Waals surface area (Å²) < 4.78 is 0. The van der Waals surface area contributed by atoms with Crippen LogP contribution < -0.4 is 10.2 Å². The largest absolute Gasteiger partial charge is 0.316 e. The molecule has 0 bridgehead atoms. The lowest BCUT2D eigenvalue weighted by Gasteiger charge is -2.19. The molecule has 0 unspecified atom stereocenters. The van der Waals surface area contributed by atoms with E-state index in [9.17, 15) is 10.1 Å². The van der Waals surface area contributed by atoms with Crippen molar-refractivity contribution in [2.45, 2.75) is 13.3 Å². The molecule has 1 aromatic heterocycles. The van der Waals surface area contributed by atoms with E-state index in [1.54, 1.807) is 6.20 Å². The van der Waals surface area contributed by atoms with Crippen LogP contribution >= 0.6 is 11.3 Å². The van der Waals surface area contributed by atoms with E-state index in [1.807, 2.05) is 36.5 Å². The average Bonchev–Trinajstić information content (AvgIpc) is 3.25. The highest BCUT2D eigenvalue weighted by molar-refractivity contribution is 7.19. The molecule has 0 spiro atoms. The van der Waals surface area contributed by atoms with E-state index in [4.69, 9.17) is 0 Å². The molecule has 1 saturated heterocycles. The Hall–Kier alpha value is -2.23. The minimum Gasteiger partial charge on any atom is -0.316 e. The number of benzene rings is 1. The van der Waals surface area contributed by atoms with Crippen LogP contribution in [0, 0.1) is 23.3 Å². The summed E-state index contributed by atoms with van der Waals surface area (Å²) in [6.45, 7) is 3.54. The Morgan fingerprint density at radius 1 is 1.43 bits per heavy atom. The van der Waals surface area contributed by atoms with Crippen molar-refractivity contribution in [1.29, 1.82) is 5.26 Å². The number of carbonyl (C=O) groups is 1. The lowest BCUT2D eigenvalue weighted by molar-refractivity contribution is -0.122. The molecule has 6 heteroatoms. The van der Waals surface area contributed by atoms with Crippen molar-refractivity contribution in [2.75, 3.05) is 18.0 Å². The molecule has 1 amide bonds. The SMILES string of the molecule is CC[C@@H]1CNC[C@H]1C(=O)N(C#N)c1ncc(-c2ccccc2)s1. The second-order valence-corrected chi connectivity index (χ2v) is 6.59. The minimum atomic E-state index is -0.154. The van der Waals surface area contributed by atoms with Crippen molar-refractivity contribution in [3.8, 4) is 16.6 Å². The van der Waals surface area contributed by atoms with Gasteiger partial charge in [0.25, 0.3) is 0 Å². The van der Waals surface area contributed by atoms with Crippen molar-refractivity contribution in [3.05, 3.63) is 36.5 Å². The maximum Gasteiger partial charge on any atom is 0.246 e. The predicted molar refractivity (Wildman–Crippen MR) is 90.8 cm³/mol. The Morgan fingerprint density at radius 3 is 2.91 bits per heavy atom. The average molecular weight is 326 g/mol. The molecule has 2 atom stereocenters. The number of hydrogen-bond donors (Lipinski definition) is 1. The molecule has 1 aliphatic rings. The second kappa shape index (κ2) is 6.90. The monoisotopic (exact) mass is 326 g/mol. The highest BCUT2D eigenvalue weighted by Gasteiger charge is 2.36. The van der Waals surface area contributed by atoms with E-state index in [0.717, 1.165) is 28.3 Å². The quantitative estimate of drug-likeness (QED) is 0.693. The first-order chi connectivity index (χ1) is 11.2. The lowest BCUT2D eigenvalue weighted by atomic mass is 9.92. The number of thiazole rings is 1. The van der Waals surface area contributed by atoms with Gasteiger partial charge in [0.05, 0.1) is 10.8 Å². The normalized spacial score (nSPS) is 20.2. The number of amides is 1. The molecule has 3 rings (SSSR count). The number of aromatic nitrogens is 1. The summed E-state index contributed by atoms with van der Waals surface area (Å²) in [7, 11) is 0. The molecule has 1 aliphatic heterocycles. The number of hydrogen-bond acceptors (Lipinski definition) is 5. The zero-order valence-electron chi connectivity index (χ0n) is 12.9. The molecule has 1 aromatic carbocycles. The van der Waals surface area contributed by atoms with Gasteiger partial charge in [0.15, 0.2) is 6.19 Å². The summed E-state index contributed by atoms with van der Waals surface area (Å²) in [6.07, 6.45) is 4.65. The standard InChI is InChI=1S/C17H18N4OS/c1-2-12-8-19-9-14(12)16(22)21(11-18)17-20-10-15(23-17)13-6-4-3-5-7-13/h3-7,10,12,14,19H,2,8-9H2,1H3/t12-,14-/m1/s1. The van der Waals surface area contributed by atoms with Gasteiger partial charge in [-0.25, -0.2) is 4.98 Å². The Morgan fingerprint density at radius 2 is 2.22 bits per heavy atom. The zero-order valence-corrected chi connectivity index (χ0v) is 13.7. The molecule has 118 valence electrons. The van der Waals surface area contributed by atoms with Crippen molar-refractivity contribution < 1.29 is 4.79 Å². The number of nitriles is 1. The highest BCUT2D eigenvalue weighted by Crippen LogP contribution is 2.32. The molecule has 1 fully saturated rings. The van der Waals surface area contributed by atoms with Crippen LogP contribution in [0.1, 0.15) is 13.3 Å². The van der Waals surface area contributed by atoms with Crippen LogP contribution in [0.25, 0.3) is 10.4 Å². The summed E-state index contributed by atoms with van der Waals surface area (Å²) in [6, 6.07) is 9.85. The van der Waals surface area contributed by atoms with E-state index < -0.39 is 0 Å². The summed E-state index contributed by atoms with van der Waals surface area (Å²) in [4.78, 5) is 19.1. The Bertz CT molecular complexity index is 722. The first-order valence-electron chi connectivity index (χ1n) is 7.70. The van der Waals surface area contributed by atoms with Crippen LogP contribution in [0.5, 0.6) is 0 Å². The van der Waals surface area contributed by atoms with Crippen LogP contribution in [0.3, 0.4) is 0 Å². The van der Waals surface area contributed by atoms with Crippen LogP contribution in [-0.2, 0) is 4.79 Å². The zero-order chi connectivity index (χ0) is 16.2. The molecule has 2 aromatic rings. The maximum atomic E-state index is 12.7. The summed E-state index contributed by atoms with van der Waals surface area (Å²) in [5, 5.41) is 13.1. The Kier molecular flexibility index (Phi) is 4.70. The van der Waals surface area contributed by atoms with Gasteiger partial charge in [-0.05, 0) is 18.0 Å². The van der Waals surface area contributed by atoms with Crippen molar-refractivity contribution in [3.63, 3.8) is 0 Å². The number of carbonyl (C=O) groups excluding carboxylic acids is 1. The van der Waals surface area contributed by atoms with Gasteiger partial charge >= 0.3 is 0 Å². The van der Waals surface area contributed by atoms with Crippen LogP contribution in [-0.4, -0.2) is 24.0 Å². The molecule has 2 heterocycles. The third-order valence-corrected chi connectivity index (χ3v) is 5.28. The van der Waals surface area contributed by atoms with Crippen molar-refractivity contribution in [1.82, 2.24) is 10.3 Å². The number of nitrogens with one attached hydrogen (secondary N) is 1. The fourth-order valence-corrected chi connectivity index (χ4v) is 3.79. The smallest absolute Gasteiger partial charge is 0.246 e. The number of nitrogens with zero attached hydrogens (tertiary/aromatic N) is 3. The van der Waals surface area contributed by atoms with Crippen LogP contribution in [0.4, 0.5) is 5.13 Å². The molecule has 5 nitrogen and oxygen atoms in total. The number of rotatable bonds is 4. The topological polar surface area (TPSA) is 69.0 Å². The number of anilines is 1. The van der Waals surface area contributed by atoms with Gasteiger partial charge in [0.2, 0.25) is 11.0 Å². The Balaban J connectivity index is 1.83. The fourth-order valence-electron chi connectivity index (χ4n) is 2.91. The van der Waals surface area contributed by atoms with Crippen molar-refractivity contribution >= 4 is 22.4 Å². The molecule has 0 saturated carbocycles. The summed E-state index contributed by atoms with van der Waals surface area (Å²) in [5.41, 5.74) is 1.04. The fraction of sp³-hybridized carbons (Fsp3) is 0.353. The summed E-state index contributed by atoms with van der Waals surface area (Å²) in [5.74, 6) is -0.0195. The minimum absolute atomic E-state index is 0.149. The summed E-state index contributed by atoms with van der Waals surface area (Å²) >= 11 is 1.37. The molecular weight excluding hydrogens is 308 g/mol. The van der Waals surface area contributed by atoms with E-state index in [1.165, 1.54) is 11.3 Å². The van der Waals surface area contributed by atoms with Gasteiger partial charge in [-0.15, -0.1) is 0 Å². The molecular formula is C17H18N4OS. The van der Waals surface area contributed by atoms with Gasteiger partial charge in [-0.3, -0.25) is 4.79 Å². The molecule has 1 N–H and O–H groups in total. The van der Waals surface area contributed by atoms with Gasteiger partial charge in [0, 0.05) is 12.7 Å². The van der Waals surface area contributed by atoms with Crippen molar-refractivity contribution in [2.24, 2.45) is 11.8 Å². The third kappa shape index (κ3) is 3.11. The maximum absolute atomic E-state index is 12.7. The first kappa shape index (κ1) is 15.7. The van der Waals surface area contributed by atoms with E-state index >= 15 is 0 Å². The first-order valence-corrected chi connectivity index (χ1v) is 8.52. The van der Waals surface area contributed by atoms with Gasteiger partial charge < -0.3 is 5.32 Å². The highest BCUT2D eigenvalue weighted by atomic mass is 32.1. The van der Waals surface area contributed by atoms with Gasteiger partial charge in [0.1, 0.15) is 0 Å². The van der Waals surface area contributed by atoms with Gasteiger partial charge in [-0.1, -0.05) is 55.0 Å². The van der Waals surface area contributed by atoms with Crippen LogP contribution in [0.2, 0.25) is 0 Å². The molecule has 23 heavy (non-hydrogen) atoms. The van der Waals surface area contributed by atoms with E-state index in [2.05, 4.69) is 17.2 Å². The third-order valence-electron chi connectivity index (χ3n) is 4.24. The molecule has 0 aliphatic carbocycles.